The molecule has 1 rings (SSSR count). The minimum Gasteiger partial charge on any atom is -0.343 e. The van der Waals surface area contributed by atoms with Gasteiger partial charge in [-0.05, 0) is 12.8 Å². The number of rotatable bonds is 2. The van der Waals surface area contributed by atoms with Crippen molar-refractivity contribution in [2.75, 3.05) is 7.05 Å². The maximum Gasteiger partial charge on any atom is 0.245 e. The molecule has 4 nitrogen and oxygen atoms in total. The molecule has 1 aliphatic heterocycles. The number of hydrogen-bond acceptors (Lipinski definition) is 2. The minimum absolute atomic E-state index is 0.00472. The van der Waals surface area contributed by atoms with Gasteiger partial charge in [0.2, 0.25) is 11.8 Å². The van der Waals surface area contributed by atoms with Crippen LogP contribution in [0, 0.1) is 5.92 Å². The van der Waals surface area contributed by atoms with Gasteiger partial charge in [0.25, 0.3) is 0 Å². The van der Waals surface area contributed by atoms with Crippen molar-refractivity contribution in [3.63, 3.8) is 0 Å². The van der Waals surface area contributed by atoms with E-state index in [4.69, 9.17) is 0 Å². The van der Waals surface area contributed by atoms with E-state index in [2.05, 4.69) is 5.32 Å². The summed E-state index contributed by atoms with van der Waals surface area (Å²) in [5, 5.41) is 2.69. The van der Waals surface area contributed by atoms with Crippen LogP contribution in [-0.2, 0) is 9.59 Å². The molecule has 3 unspecified atom stereocenters. The predicted molar refractivity (Wildman–Crippen MR) is 53.6 cm³/mol. The third kappa shape index (κ3) is 1.74. The molecule has 2 amide bonds. The fourth-order valence-electron chi connectivity index (χ4n) is 1.84. The van der Waals surface area contributed by atoms with Gasteiger partial charge < -0.3 is 10.2 Å². The summed E-state index contributed by atoms with van der Waals surface area (Å²) in [6.07, 6.45) is 0.893. The van der Waals surface area contributed by atoms with Crippen molar-refractivity contribution in [2.24, 2.45) is 5.92 Å². The van der Waals surface area contributed by atoms with Crippen LogP contribution in [0.1, 0.15) is 27.2 Å². The molecule has 0 aromatic carbocycles. The zero-order valence-corrected chi connectivity index (χ0v) is 9.20. The summed E-state index contributed by atoms with van der Waals surface area (Å²) < 4.78 is 0. The predicted octanol–water partition coefficient (Wildman–Crippen LogP) is 0.378. The topological polar surface area (TPSA) is 49.4 Å². The summed E-state index contributed by atoms with van der Waals surface area (Å²) in [7, 11) is 1.70. The number of nitrogens with zero attached hydrogens (tertiary/aromatic N) is 1. The van der Waals surface area contributed by atoms with E-state index >= 15 is 0 Å². The first kappa shape index (κ1) is 11.0. The summed E-state index contributed by atoms with van der Waals surface area (Å²) in [6.45, 7) is 5.72. The van der Waals surface area contributed by atoms with Crippen molar-refractivity contribution >= 4 is 11.8 Å². The van der Waals surface area contributed by atoms with Crippen molar-refractivity contribution in [3.8, 4) is 0 Å². The number of nitrogens with one attached hydrogen (secondary N) is 1. The molecule has 1 aliphatic rings. The largest absolute Gasteiger partial charge is 0.343 e. The maximum absolute atomic E-state index is 11.7. The van der Waals surface area contributed by atoms with Gasteiger partial charge in [-0.3, -0.25) is 9.59 Å². The standard InChI is InChI=1S/C10H18N2O2/c1-5-6(2)8-9(13)11-7(3)10(14)12(8)4/h6-8H,5H2,1-4H3,(H,11,13). The molecule has 0 bridgehead atoms. The number of amides is 2. The lowest BCUT2D eigenvalue weighted by Gasteiger charge is -2.38. The molecular formula is C10H18N2O2. The van der Waals surface area contributed by atoms with Crippen LogP contribution in [0.3, 0.4) is 0 Å². The quantitative estimate of drug-likeness (QED) is 0.697. The van der Waals surface area contributed by atoms with E-state index in [1.54, 1.807) is 18.9 Å². The molecule has 1 fully saturated rings. The number of hydrogen-bond donors (Lipinski definition) is 1. The molecule has 1 N–H and O–H groups in total. The van der Waals surface area contributed by atoms with Gasteiger partial charge in [0.15, 0.2) is 0 Å². The Kier molecular flexibility index (Phi) is 3.13. The van der Waals surface area contributed by atoms with Gasteiger partial charge >= 0.3 is 0 Å². The van der Waals surface area contributed by atoms with Crippen molar-refractivity contribution in [2.45, 2.75) is 39.3 Å². The molecule has 1 saturated heterocycles. The average Bonchev–Trinajstić information content (AvgIpc) is 2.14. The molecule has 3 atom stereocenters. The molecule has 0 aliphatic carbocycles. The zero-order valence-electron chi connectivity index (χ0n) is 9.20. The summed E-state index contributed by atoms with van der Waals surface area (Å²) in [6, 6.07) is -0.684. The summed E-state index contributed by atoms with van der Waals surface area (Å²) in [4.78, 5) is 24.8. The molecular weight excluding hydrogens is 180 g/mol. The van der Waals surface area contributed by atoms with Crippen molar-refractivity contribution in [1.82, 2.24) is 10.2 Å². The average molecular weight is 198 g/mol. The van der Waals surface area contributed by atoms with Gasteiger partial charge in [0.05, 0.1) is 0 Å². The SMILES string of the molecule is CCC(C)C1C(=O)NC(C)C(=O)N1C. The molecule has 0 spiro atoms. The van der Waals surface area contributed by atoms with Gasteiger partial charge in [-0.15, -0.1) is 0 Å². The Labute approximate surface area is 84.7 Å². The fraction of sp³-hybridized carbons (Fsp3) is 0.800. The van der Waals surface area contributed by atoms with Gasteiger partial charge in [-0.2, -0.15) is 0 Å². The zero-order chi connectivity index (χ0) is 10.9. The molecule has 0 aromatic rings. The van der Waals surface area contributed by atoms with Gasteiger partial charge in [0, 0.05) is 7.05 Å². The van der Waals surface area contributed by atoms with Crippen LogP contribution in [0.15, 0.2) is 0 Å². The Hall–Kier alpha value is -1.06. The first-order chi connectivity index (χ1) is 6.49. The highest BCUT2D eigenvalue weighted by atomic mass is 16.2. The van der Waals surface area contributed by atoms with Crippen LogP contribution >= 0.6 is 0 Å². The number of carbonyl (C=O) groups excluding carboxylic acids is 2. The Morgan fingerprint density at radius 1 is 1.50 bits per heavy atom. The van der Waals surface area contributed by atoms with E-state index in [-0.39, 0.29) is 29.8 Å². The highest BCUT2D eigenvalue weighted by Crippen LogP contribution is 2.17. The monoisotopic (exact) mass is 198 g/mol. The Bertz CT molecular complexity index is 253. The second kappa shape index (κ2) is 3.98. The number of piperazine rings is 1. The normalized spacial score (nSPS) is 30.1. The van der Waals surface area contributed by atoms with E-state index < -0.39 is 0 Å². The first-order valence-corrected chi connectivity index (χ1v) is 5.06. The van der Waals surface area contributed by atoms with Gasteiger partial charge in [0.1, 0.15) is 12.1 Å². The first-order valence-electron chi connectivity index (χ1n) is 5.06. The van der Waals surface area contributed by atoms with Crippen LogP contribution < -0.4 is 5.32 Å². The van der Waals surface area contributed by atoms with Crippen molar-refractivity contribution in [1.29, 1.82) is 0 Å². The molecule has 0 aromatic heterocycles. The second-order valence-electron chi connectivity index (χ2n) is 4.01. The number of likely N-dealkylation sites (N-methyl/N-ethyl adjacent to an activating group) is 1. The maximum atomic E-state index is 11.7. The van der Waals surface area contributed by atoms with Crippen LogP contribution in [0.4, 0.5) is 0 Å². The van der Waals surface area contributed by atoms with Gasteiger partial charge in [-0.1, -0.05) is 20.3 Å². The van der Waals surface area contributed by atoms with Crippen LogP contribution in [0.25, 0.3) is 0 Å². The lowest BCUT2D eigenvalue weighted by Crippen LogP contribution is -2.62. The molecule has 14 heavy (non-hydrogen) atoms. The highest BCUT2D eigenvalue weighted by molar-refractivity contribution is 5.96. The second-order valence-corrected chi connectivity index (χ2v) is 4.01. The summed E-state index contributed by atoms with van der Waals surface area (Å²) >= 11 is 0. The lowest BCUT2D eigenvalue weighted by atomic mass is 9.94. The van der Waals surface area contributed by atoms with Crippen LogP contribution in [0.5, 0.6) is 0 Å². The van der Waals surface area contributed by atoms with E-state index in [1.807, 2.05) is 13.8 Å². The smallest absolute Gasteiger partial charge is 0.245 e. The van der Waals surface area contributed by atoms with Gasteiger partial charge in [-0.25, -0.2) is 0 Å². The molecule has 1 heterocycles. The Balaban J connectivity index is 2.84. The summed E-state index contributed by atoms with van der Waals surface area (Å²) in [5.41, 5.74) is 0. The fourth-order valence-corrected chi connectivity index (χ4v) is 1.84. The van der Waals surface area contributed by atoms with Crippen molar-refractivity contribution in [3.05, 3.63) is 0 Å². The van der Waals surface area contributed by atoms with Crippen molar-refractivity contribution < 1.29 is 9.59 Å². The third-order valence-corrected chi connectivity index (χ3v) is 2.95. The molecule has 4 heteroatoms. The van der Waals surface area contributed by atoms with Crippen LogP contribution in [0.2, 0.25) is 0 Å². The highest BCUT2D eigenvalue weighted by Gasteiger charge is 2.38. The molecule has 80 valence electrons. The van der Waals surface area contributed by atoms with E-state index in [9.17, 15) is 9.59 Å². The Morgan fingerprint density at radius 3 is 2.57 bits per heavy atom. The number of carbonyl (C=O) groups is 2. The van der Waals surface area contributed by atoms with Crippen LogP contribution in [-0.4, -0.2) is 35.8 Å². The molecule has 0 radical (unpaired) electrons. The summed E-state index contributed by atoms with van der Waals surface area (Å²) in [5.74, 6) is 0.167. The minimum atomic E-state index is -0.382. The molecule has 0 saturated carbocycles. The third-order valence-electron chi connectivity index (χ3n) is 2.95. The lowest BCUT2D eigenvalue weighted by molar-refractivity contribution is -0.149. The Morgan fingerprint density at radius 2 is 2.07 bits per heavy atom. The van der Waals surface area contributed by atoms with E-state index in [0.717, 1.165) is 6.42 Å². The van der Waals surface area contributed by atoms with E-state index in [0.29, 0.717) is 0 Å². The van der Waals surface area contributed by atoms with E-state index in [1.165, 1.54) is 0 Å².